The van der Waals surface area contributed by atoms with E-state index in [9.17, 15) is 18.0 Å². The minimum Gasteiger partial charge on any atom is -0.267 e. The van der Waals surface area contributed by atoms with Gasteiger partial charge in [-0.3, -0.25) is 20.4 Å². The Balaban J connectivity index is 1.62. The van der Waals surface area contributed by atoms with Crippen molar-refractivity contribution in [3.8, 4) is 0 Å². The Morgan fingerprint density at radius 1 is 0.967 bits per heavy atom. The Morgan fingerprint density at radius 2 is 1.60 bits per heavy atom. The van der Waals surface area contributed by atoms with E-state index in [4.69, 9.17) is 0 Å². The number of hydrogen-bond donors (Lipinski definition) is 2. The minimum atomic E-state index is -3.58. The highest BCUT2D eigenvalue weighted by Crippen LogP contribution is 2.28. The molecule has 1 aliphatic carbocycles. The molecule has 0 atom stereocenters. The summed E-state index contributed by atoms with van der Waals surface area (Å²) >= 11 is 1.48. The van der Waals surface area contributed by atoms with E-state index in [0.29, 0.717) is 18.0 Å². The van der Waals surface area contributed by atoms with Crippen molar-refractivity contribution in [3.63, 3.8) is 0 Å². The molecule has 3 rings (SSSR count). The summed E-state index contributed by atoms with van der Waals surface area (Å²) in [6, 6.07) is 7.59. The van der Waals surface area contributed by atoms with Gasteiger partial charge in [0, 0.05) is 23.5 Å². The maximum atomic E-state index is 12.5. The number of hydrogen-bond acceptors (Lipinski definition) is 5. The maximum Gasteiger partial charge on any atom is 0.279 e. The first-order valence-electron chi connectivity index (χ1n) is 10.2. The Kier molecular flexibility index (Phi) is 7.27. The van der Waals surface area contributed by atoms with Crippen LogP contribution in [0.4, 0.5) is 0 Å². The highest BCUT2D eigenvalue weighted by atomic mass is 32.2. The molecule has 0 spiro atoms. The highest BCUT2D eigenvalue weighted by molar-refractivity contribution is 7.89. The van der Waals surface area contributed by atoms with Crippen LogP contribution in [-0.2, 0) is 22.9 Å². The van der Waals surface area contributed by atoms with Crippen LogP contribution in [0, 0.1) is 0 Å². The van der Waals surface area contributed by atoms with Gasteiger partial charge >= 0.3 is 0 Å². The molecule has 1 aliphatic rings. The molecule has 0 unspecified atom stereocenters. The van der Waals surface area contributed by atoms with Gasteiger partial charge in [-0.2, -0.15) is 4.31 Å². The summed E-state index contributed by atoms with van der Waals surface area (Å²) in [5.74, 6) is -0.851. The fraction of sp³-hybridized carbons (Fsp3) is 0.429. The summed E-state index contributed by atoms with van der Waals surface area (Å²) < 4.78 is 26.4. The second kappa shape index (κ2) is 9.72. The zero-order chi connectivity index (χ0) is 21.7. The molecule has 1 heterocycles. The van der Waals surface area contributed by atoms with E-state index in [2.05, 4.69) is 10.9 Å². The molecule has 1 aromatic carbocycles. The van der Waals surface area contributed by atoms with Crippen molar-refractivity contribution in [2.45, 2.75) is 50.8 Å². The molecular weight excluding hydrogens is 422 g/mol. The van der Waals surface area contributed by atoms with Gasteiger partial charge in [0.1, 0.15) is 0 Å². The SMILES string of the molecule is CCN(CC)S(=O)(=O)c1ccc(C(=O)NNC(=O)c2cc3c(s2)CCCCC3)cc1. The number of thiophene rings is 1. The van der Waals surface area contributed by atoms with Crippen molar-refractivity contribution in [3.05, 3.63) is 51.2 Å². The van der Waals surface area contributed by atoms with Crippen LogP contribution in [-0.4, -0.2) is 37.6 Å². The van der Waals surface area contributed by atoms with E-state index in [1.54, 1.807) is 13.8 Å². The topological polar surface area (TPSA) is 95.6 Å². The Hall–Kier alpha value is -2.23. The first kappa shape index (κ1) is 22.5. The number of benzene rings is 1. The molecule has 0 aliphatic heterocycles. The van der Waals surface area contributed by atoms with E-state index >= 15 is 0 Å². The molecular formula is C21H27N3O4S2. The molecule has 162 valence electrons. The molecule has 0 saturated carbocycles. The van der Waals surface area contributed by atoms with Crippen LogP contribution < -0.4 is 10.9 Å². The number of carbonyl (C=O) groups excluding carboxylic acids is 2. The molecule has 2 amide bonds. The molecule has 2 aromatic rings. The fourth-order valence-corrected chi connectivity index (χ4v) is 6.12. The lowest BCUT2D eigenvalue weighted by atomic mass is 10.1. The first-order chi connectivity index (χ1) is 14.4. The lowest BCUT2D eigenvalue weighted by Crippen LogP contribution is -2.41. The predicted molar refractivity (Wildman–Crippen MR) is 117 cm³/mol. The lowest BCUT2D eigenvalue weighted by molar-refractivity contribution is 0.0849. The van der Waals surface area contributed by atoms with Crippen molar-refractivity contribution in [2.75, 3.05) is 13.1 Å². The smallest absolute Gasteiger partial charge is 0.267 e. The zero-order valence-corrected chi connectivity index (χ0v) is 18.9. The summed E-state index contributed by atoms with van der Waals surface area (Å²) in [6.07, 6.45) is 5.50. The second-order valence-corrected chi connectivity index (χ2v) is 10.2. The highest BCUT2D eigenvalue weighted by Gasteiger charge is 2.22. The van der Waals surface area contributed by atoms with Gasteiger partial charge in [-0.05, 0) is 61.6 Å². The molecule has 0 radical (unpaired) electrons. The molecule has 0 bridgehead atoms. The van der Waals surface area contributed by atoms with Crippen LogP contribution >= 0.6 is 11.3 Å². The average Bonchev–Trinajstić information content (AvgIpc) is 3.03. The Morgan fingerprint density at radius 3 is 2.27 bits per heavy atom. The summed E-state index contributed by atoms with van der Waals surface area (Å²) in [5, 5.41) is 0. The van der Waals surface area contributed by atoms with Gasteiger partial charge < -0.3 is 0 Å². The van der Waals surface area contributed by atoms with E-state index in [1.165, 1.54) is 56.8 Å². The van der Waals surface area contributed by atoms with Crippen LogP contribution in [0.25, 0.3) is 0 Å². The number of nitrogens with zero attached hydrogens (tertiary/aromatic N) is 1. The Bertz CT molecular complexity index is 986. The third kappa shape index (κ3) is 4.91. The van der Waals surface area contributed by atoms with Gasteiger partial charge in [0.25, 0.3) is 11.8 Å². The summed E-state index contributed by atoms with van der Waals surface area (Å²) in [6.45, 7) is 4.30. The van der Waals surface area contributed by atoms with Gasteiger partial charge in [0.15, 0.2) is 0 Å². The second-order valence-electron chi connectivity index (χ2n) is 7.14. The van der Waals surface area contributed by atoms with Crippen LogP contribution in [0.2, 0.25) is 0 Å². The molecule has 0 fully saturated rings. The van der Waals surface area contributed by atoms with Crippen LogP contribution in [0.15, 0.2) is 35.2 Å². The minimum absolute atomic E-state index is 0.131. The summed E-state index contributed by atoms with van der Waals surface area (Å²) in [7, 11) is -3.58. The number of sulfonamides is 1. The Labute approximate surface area is 181 Å². The zero-order valence-electron chi connectivity index (χ0n) is 17.2. The van der Waals surface area contributed by atoms with Gasteiger partial charge in [0.05, 0.1) is 9.77 Å². The van der Waals surface area contributed by atoms with Gasteiger partial charge in [-0.1, -0.05) is 20.3 Å². The van der Waals surface area contributed by atoms with E-state index < -0.39 is 15.9 Å². The van der Waals surface area contributed by atoms with Crippen LogP contribution in [0.1, 0.15) is 63.6 Å². The van der Waals surface area contributed by atoms with Crippen LogP contribution in [0.5, 0.6) is 0 Å². The number of aryl methyl sites for hydroxylation is 2. The van der Waals surface area contributed by atoms with Crippen molar-refractivity contribution < 1.29 is 18.0 Å². The van der Waals surface area contributed by atoms with Gasteiger partial charge in [0.2, 0.25) is 10.0 Å². The average molecular weight is 450 g/mol. The van der Waals surface area contributed by atoms with E-state index in [1.807, 2.05) is 6.07 Å². The van der Waals surface area contributed by atoms with Crippen LogP contribution in [0.3, 0.4) is 0 Å². The third-order valence-electron chi connectivity index (χ3n) is 5.22. The number of amides is 2. The van der Waals surface area contributed by atoms with Crippen molar-refractivity contribution in [1.29, 1.82) is 0 Å². The standard InChI is InChI=1S/C21H27N3O4S2/c1-3-24(4-2)30(27,28)17-12-10-15(11-13-17)20(25)22-23-21(26)19-14-16-8-6-5-7-9-18(16)29-19/h10-14H,3-9H2,1-2H3,(H,22,25)(H,23,26). The molecule has 2 N–H and O–H groups in total. The maximum absolute atomic E-state index is 12.5. The van der Waals surface area contributed by atoms with Crippen molar-refractivity contribution >= 4 is 33.2 Å². The van der Waals surface area contributed by atoms with E-state index in [-0.39, 0.29) is 16.4 Å². The molecule has 0 saturated heterocycles. The molecule has 9 heteroatoms. The number of fused-ring (bicyclic) bond motifs is 1. The van der Waals surface area contributed by atoms with Gasteiger partial charge in [-0.15, -0.1) is 11.3 Å². The van der Waals surface area contributed by atoms with Crippen molar-refractivity contribution in [1.82, 2.24) is 15.2 Å². The molecule has 7 nitrogen and oxygen atoms in total. The number of carbonyl (C=O) groups is 2. The summed E-state index contributed by atoms with van der Waals surface area (Å²) in [4.78, 5) is 26.7. The normalized spacial score (nSPS) is 14.1. The quantitative estimate of drug-likeness (QED) is 0.523. The number of hydrazine groups is 1. The lowest BCUT2D eigenvalue weighted by Gasteiger charge is -2.18. The largest absolute Gasteiger partial charge is 0.279 e. The van der Waals surface area contributed by atoms with E-state index in [0.717, 1.165) is 25.7 Å². The number of rotatable bonds is 6. The predicted octanol–water partition coefficient (Wildman–Crippen LogP) is 3.12. The molecule has 1 aromatic heterocycles. The summed E-state index contributed by atoms with van der Waals surface area (Å²) in [5.41, 5.74) is 6.35. The number of nitrogens with one attached hydrogen (secondary N) is 2. The first-order valence-corrected chi connectivity index (χ1v) is 12.4. The van der Waals surface area contributed by atoms with Gasteiger partial charge in [-0.25, -0.2) is 8.42 Å². The molecule has 30 heavy (non-hydrogen) atoms. The fourth-order valence-electron chi connectivity index (χ4n) is 3.52. The third-order valence-corrected chi connectivity index (χ3v) is 8.52. The van der Waals surface area contributed by atoms with Crippen molar-refractivity contribution in [2.24, 2.45) is 0 Å². The monoisotopic (exact) mass is 449 g/mol.